The standard InChI is InChI=1S/C27H26FN3O4.2ClH/c1-17-10-22(33-2)13-21(31-17)12-20(29)16-34-25-9-8-24-23(11-19(28)14-30-24)26(25)27(32)35-15-18-6-4-3-5-7-18;;/h3-11,13-14,20H,12,15-16,29H2,1-2H3;2*1H/t20-;;/m1../s1. The van der Waals surface area contributed by atoms with Crippen molar-refractivity contribution in [3.63, 3.8) is 0 Å². The van der Waals surface area contributed by atoms with Crippen LogP contribution >= 0.6 is 24.8 Å². The minimum Gasteiger partial charge on any atom is -0.497 e. The first-order valence-electron chi connectivity index (χ1n) is 11.1. The van der Waals surface area contributed by atoms with E-state index in [-0.39, 0.29) is 49.3 Å². The molecule has 7 nitrogen and oxygen atoms in total. The average Bonchev–Trinajstić information content (AvgIpc) is 2.85. The summed E-state index contributed by atoms with van der Waals surface area (Å²) < 4.78 is 30.8. The number of ether oxygens (including phenoxy) is 3. The number of nitrogens with two attached hydrogens (primary N) is 1. The molecule has 0 saturated heterocycles. The smallest absolute Gasteiger partial charge is 0.342 e. The summed E-state index contributed by atoms with van der Waals surface area (Å²) in [5.41, 5.74) is 9.27. The molecular weight excluding hydrogens is 520 g/mol. The molecule has 2 heterocycles. The van der Waals surface area contributed by atoms with Crippen LogP contribution in [0.3, 0.4) is 0 Å². The van der Waals surface area contributed by atoms with Crippen molar-refractivity contribution in [2.45, 2.75) is 26.0 Å². The summed E-state index contributed by atoms with van der Waals surface area (Å²) in [6, 6.07) is 17.1. The van der Waals surface area contributed by atoms with Gasteiger partial charge in [-0.1, -0.05) is 30.3 Å². The predicted molar refractivity (Wildman–Crippen MR) is 144 cm³/mol. The van der Waals surface area contributed by atoms with Gasteiger partial charge in [-0.05, 0) is 30.7 Å². The Morgan fingerprint density at radius 1 is 1.08 bits per heavy atom. The predicted octanol–water partition coefficient (Wildman–Crippen LogP) is 5.24. The molecule has 2 N–H and O–H groups in total. The van der Waals surface area contributed by atoms with Crippen LogP contribution in [-0.4, -0.2) is 35.7 Å². The van der Waals surface area contributed by atoms with Gasteiger partial charge in [-0.25, -0.2) is 9.18 Å². The second kappa shape index (κ2) is 13.7. The fraction of sp³-hybridized carbons (Fsp3) is 0.222. The molecule has 10 heteroatoms. The van der Waals surface area contributed by atoms with E-state index in [1.807, 2.05) is 49.4 Å². The summed E-state index contributed by atoms with van der Waals surface area (Å²) in [6.45, 7) is 2.05. The molecule has 0 fully saturated rings. The van der Waals surface area contributed by atoms with Crippen LogP contribution in [0.4, 0.5) is 4.39 Å². The quantitative estimate of drug-likeness (QED) is 0.286. The third kappa shape index (κ3) is 7.76. The Labute approximate surface area is 227 Å². The Balaban J connectivity index is 0.00000241. The van der Waals surface area contributed by atoms with E-state index in [4.69, 9.17) is 19.9 Å². The zero-order valence-electron chi connectivity index (χ0n) is 20.3. The maximum atomic E-state index is 14.0. The minimum absolute atomic E-state index is 0. The summed E-state index contributed by atoms with van der Waals surface area (Å²) in [4.78, 5) is 21.7. The van der Waals surface area contributed by atoms with Crippen LogP contribution in [0.25, 0.3) is 10.9 Å². The number of esters is 1. The monoisotopic (exact) mass is 547 g/mol. The summed E-state index contributed by atoms with van der Waals surface area (Å²) >= 11 is 0. The van der Waals surface area contributed by atoms with Crippen LogP contribution in [0.15, 0.2) is 66.9 Å². The van der Waals surface area contributed by atoms with Crippen LogP contribution in [0, 0.1) is 12.7 Å². The van der Waals surface area contributed by atoms with Gasteiger partial charge in [0.25, 0.3) is 0 Å². The third-order valence-corrected chi connectivity index (χ3v) is 5.35. The van der Waals surface area contributed by atoms with Crippen LogP contribution in [-0.2, 0) is 17.8 Å². The van der Waals surface area contributed by atoms with E-state index in [9.17, 15) is 9.18 Å². The lowest BCUT2D eigenvalue weighted by Gasteiger charge is -2.17. The second-order valence-corrected chi connectivity index (χ2v) is 8.14. The number of pyridine rings is 2. The molecule has 0 amide bonds. The van der Waals surface area contributed by atoms with E-state index in [0.717, 1.165) is 23.1 Å². The van der Waals surface area contributed by atoms with Gasteiger partial charge in [0, 0.05) is 41.4 Å². The Morgan fingerprint density at radius 2 is 1.84 bits per heavy atom. The van der Waals surface area contributed by atoms with Crippen LogP contribution in [0.2, 0.25) is 0 Å². The Kier molecular flexibility index (Phi) is 11.1. The molecule has 2 aromatic heterocycles. The Hall–Kier alpha value is -3.46. The molecule has 0 aliphatic heterocycles. The molecule has 0 aliphatic rings. The summed E-state index contributed by atoms with van der Waals surface area (Å²) in [7, 11) is 1.59. The van der Waals surface area contributed by atoms with Gasteiger partial charge in [0.05, 0.1) is 18.8 Å². The second-order valence-electron chi connectivity index (χ2n) is 8.14. The highest BCUT2D eigenvalue weighted by molar-refractivity contribution is 6.06. The lowest BCUT2D eigenvalue weighted by atomic mass is 10.1. The van der Waals surface area contributed by atoms with Crippen molar-refractivity contribution in [2.75, 3.05) is 13.7 Å². The van der Waals surface area contributed by atoms with Gasteiger partial charge in [-0.2, -0.15) is 0 Å². The number of aryl methyl sites for hydroxylation is 1. The molecule has 0 spiro atoms. The van der Waals surface area contributed by atoms with Crippen LogP contribution in [0.1, 0.15) is 27.3 Å². The van der Waals surface area contributed by atoms with Gasteiger partial charge in [-0.3, -0.25) is 9.97 Å². The highest BCUT2D eigenvalue weighted by atomic mass is 35.5. The van der Waals surface area contributed by atoms with E-state index in [1.165, 1.54) is 6.07 Å². The molecular formula is C27H28Cl2FN3O4. The number of benzene rings is 2. The fourth-order valence-corrected chi connectivity index (χ4v) is 3.73. The number of rotatable bonds is 9. The molecule has 1 atom stereocenters. The number of fused-ring (bicyclic) bond motifs is 1. The molecule has 0 saturated carbocycles. The number of carbonyl (C=O) groups excluding carboxylic acids is 1. The van der Waals surface area contributed by atoms with Gasteiger partial charge < -0.3 is 19.9 Å². The Bertz CT molecular complexity index is 1340. The number of aromatic nitrogens is 2. The first-order chi connectivity index (χ1) is 16.9. The van der Waals surface area contributed by atoms with E-state index < -0.39 is 17.8 Å². The van der Waals surface area contributed by atoms with Gasteiger partial charge in [0.2, 0.25) is 0 Å². The van der Waals surface area contributed by atoms with Crippen molar-refractivity contribution < 1.29 is 23.4 Å². The van der Waals surface area contributed by atoms with E-state index in [2.05, 4.69) is 9.97 Å². The van der Waals surface area contributed by atoms with Crippen molar-refractivity contribution in [2.24, 2.45) is 5.73 Å². The third-order valence-electron chi connectivity index (χ3n) is 5.35. The van der Waals surface area contributed by atoms with Crippen molar-refractivity contribution in [3.8, 4) is 11.5 Å². The molecule has 0 radical (unpaired) electrons. The van der Waals surface area contributed by atoms with Crippen LogP contribution in [0.5, 0.6) is 11.5 Å². The van der Waals surface area contributed by atoms with Gasteiger partial charge >= 0.3 is 5.97 Å². The molecule has 37 heavy (non-hydrogen) atoms. The molecule has 196 valence electrons. The highest BCUT2D eigenvalue weighted by Gasteiger charge is 2.21. The van der Waals surface area contributed by atoms with Gasteiger partial charge in [0.15, 0.2) is 0 Å². The number of hydrogen-bond donors (Lipinski definition) is 1. The average molecular weight is 548 g/mol. The molecule has 0 aliphatic carbocycles. The Morgan fingerprint density at radius 3 is 2.57 bits per heavy atom. The maximum absolute atomic E-state index is 14.0. The number of methoxy groups -OCH3 is 1. The molecule has 0 bridgehead atoms. The van der Waals surface area contributed by atoms with Crippen molar-refractivity contribution >= 4 is 41.7 Å². The van der Waals surface area contributed by atoms with Crippen molar-refractivity contribution in [1.29, 1.82) is 0 Å². The van der Waals surface area contributed by atoms with Crippen molar-refractivity contribution in [3.05, 3.63) is 95.2 Å². The highest BCUT2D eigenvalue weighted by Crippen LogP contribution is 2.29. The minimum atomic E-state index is -0.638. The zero-order chi connectivity index (χ0) is 24.8. The van der Waals surface area contributed by atoms with Gasteiger partial charge in [0.1, 0.15) is 36.1 Å². The normalized spacial score (nSPS) is 11.1. The van der Waals surface area contributed by atoms with E-state index in [0.29, 0.717) is 23.1 Å². The lowest BCUT2D eigenvalue weighted by molar-refractivity contribution is 0.0470. The molecule has 4 rings (SSSR count). The summed E-state index contributed by atoms with van der Waals surface area (Å²) in [5, 5.41) is 0.305. The van der Waals surface area contributed by atoms with Crippen LogP contribution < -0.4 is 15.2 Å². The fourth-order valence-electron chi connectivity index (χ4n) is 3.73. The van der Waals surface area contributed by atoms with E-state index >= 15 is 0 Å². The SMILES string of the molecule is COc1cc(C)nc(C[C@@H](N)COc2ccc3ncc(F)cc3c2C(=O)OCc2ccccc2)c1.Cl.Cl. The summed E-state index contributed by atoms with van der Waals surface area (Å²) in [6.07, 6.45) is 1.54. The summed E-state index contributed by atoms with van der Waals surface area (Å²) in [5.74, 6) is -0.259. The number of nitrogens with zero attached hydrogens (tertiary/aromatic N) is 2. The maximum Gasteiger partial charge on any atom is 0.342 e. The van der Waals surface area contributed by atoms with E-state index in [1.54, 1.807) is 19.2 Å². The number of carbonyl (C=O) groups is 1. The molecule has 4 aromatic rings. The molecule has 0 unspecified atom stereocenters. The largest absolute Gasteiger partial charge is 0.497 e. The lowest BCUT2D eigenvalue weighted by Crippen LogP contribution is -2.31. The molecule has 2 aromatic carbocycles. The number of halogens is 3. The number of hydrogen-bond acceptors (Lipinski definition) is 7. The first kappa shape index (κ1) is 29.8. The van der Waals surface area contributed by atoms with Gasteiger partial charge in [-0.15, -0.1) is 24.8 Å². The first-order valence-corrected chi connectivity index (χ1v) is 11.1. The van der Waals surface area contributed by atoms with Crippen molar-refractivity contribution in [1.82, 2.24) is 9.97 Å². The topological polar surface area (TPSA) is 96.6 Å². The zero-order valence-corrected chi connectivity index (χ0v) is 22.0.